The molecule has 1 aromatic rings. The summed E-state index contributed by atoms with van der Waals surface area (Å²) in [6, 6.07) is 5.88. The zero-order valence-corrected chi connectivity index (χ0v) is 13.4. The first-order chi connectivity index (χ1) is 10.4. The number of hydrogen-bond donors (Lipinski definition) is 1. The lowest BCUT2D eigenvalue weighted by molar-refractivity contribution is -0.127. The van der Waals surface area contributed by atoms with Crippen molar-refractivity contribution in [3.8, 4) is 0 Å². The zero-order valence-electron chi connectivity index (χ0n) is 13.4. The molecule has 1 aliphatic heterocycles. The summed E-state index contributed by atoms with van der Waals surface area (Å²) >= 11 is 0. The molecule has 5 heteroatoms. The van der Waals surface area contributed by atoms with Gasteiger partial charge in [-0.05, 0) is 31.9 Å². The molecule has 0 fully saturated rings. The van der Waals surface area contributed by atoms with Gasteiger partial charge in [0.1, 0.15) is 6.04 Å². The number of benzene rings is 1. The van der Waals surface area contributed by atoms with Gasteiger partial charge >= 0.3 is 0 Å². The van der Waals surface area contributed by atoms with E-state index in [9.17, 15) is 14.4 Å². The number of carbonyl (C=O) groups is 3. The van der Waals surface area contributed by atoms with Crippen LogP contribution >= 0.6 is 0 Å². The van der Waals surface area contributed by atoms with E-state index < -0.39 is 6.04 Å². The van der Waals surface area contributed by atoms with E-state index >= 15 is 0 Å². The van der Waals surface area contributed by atoms with Gasteiger partial charge in [-0.15, -0.1) is 0 Å². The third-order valence-electron chi connectivity index (χ3n) is 3.99. The zero-order chi connectivity index (χ0) is 16.4. The van der Waals surface area contributed by atoms with Gasteiger partial charge in [-0.3, -0.25) is 19.3 Å². The first-order valence-corrected chi connectivity index (χ1v) is 7.65. The van der Waals surface area contributed by atoms with E-state index in [-0.39, 0.29) is 29.7 Å². The fraction of sp³-hybridized carbons (Fsp3) is 0.471. The molecule has 0 aliphatic carbocycles. The maximum absolute atomic E-state index is 12.6. The van der Waals surface area contributed by atoms with E-state index in [1.807, 2.05) is 27.7 Å². The van der Waals surface area contributed by atoms with Gasteiger partial charge < -0.3 is 5.32 Å². The second-order valence-electron chi connectivity index (χ2n) is 6.02. The van der Waals surface area contributed by atoms with Crippen LogP contribution in [0.2, 0.25) is 0 Å². The number of amides is 3. The van der Waals surface area contributed by atoms with Crippen molar-refractivity contribution in [1.29, 1.82) is 0 Å². The van der Waals surface area contributed by atoms with Crippen LogP contribution in [0.25, 0.3) is 0 Å². The van der Waals surface area contributed by atoms with E-state index in [0.717, 1.165) is 4.90 Å². The Balaban J connectivity index is 2.39. The topological polar surface area (TPSA) is 66.5 Å². The number of fused-ring (bicyclic) bond motifs is 1. The molecule has 0 saturated heterocycles. The SMILES string of the molecule is CCC(C)C(C(=O)NC(C)C)N1C(=O)c2ccccc2C1=O. The molecule has 3 amide bonds. The van der Waals surface area contributed by atoms with E-state index in [1.54, 1.807) is 24.3 Å². The maximum atomic E-state index is 12.6. The van der Waals surface area contributed by atoms with Crippen molar-refractivity contribution in [1.82, 2.24) is 10.2 Å². The van der Waals surface area contributed by atoms with Gasteiger partial charge in [0.2, 0.25) is 5.91 Å². The Hall–Kier alpha value is -2.17. The molecule has 1 N–H and O–H groups in total. The van der Waals surface area contributed by atoms with E-state index in [2.05, 4.69) is 5.32 Å². The van der Waals surface area contributed by atoms with Crippen LogP contribution in [0.5, 0.6) is 0 Å². The van der Waals surface area contributed by atoms with Crippen molar-refractivity contribution >= 4 is 17.7 Å². The third kappa shape index (κ3) is 2.75. The van der Waals surface area contributed by atoms with E-state index in [1.165, 1.54) is 0 Å². The van der Waals surface area contributed by atoms with Gasteiger partial charge in [-0.2, -0.15) is 0 Å². The van der Waals surface area contributed by atoms with E-state index in [0.29, 0.717) is 17.5 Å². The Morgan fingerprint density at radius 1 is 1.09 bits per heavy atom. The number of imide groups is 1. The van der Waals surface area contributed by atoms with Crippen LogP contribution in [0, 0.1) is 5.92 Å². The molecular formula is C17H22N2O3. The van der Waals surface area contributed by atoms with Crippen LogP contribution in [0.4, 0.5) is 0 Å². The Labute approximate surface area is 130 Å². The minimum atomic E-state index is -0.778. The van der Waals surface area contributed by atoms with Gasteiger partial charge in [-0.1, -0.05) is 32.4 Å². The molecule has 2 unspecified atom stereocenters. The minimum absolute atomic E-state index is 0.0470. The van der Waals surface area contributed by atoms with Crippen LogP contribution in [0.3, 0.4) is 0 Å². The summed E-state index contributed by atoms with van der Waals surface area (Å²) < 4.78 is 0. The molecule has 1 aliphatic rings. The second-order valence-corrected chi connectivity index (χ2v) is 6.02. The van der Waals surface area contributed by atoms with Crippen LogP contribution in [-0.4, -0.2) is 34.7 Å². The highest BCUT2D eigenvalue weighted by Gasteiger charge is 2.44. The Bertz CT molecular complexity index is 575. The van der Waals surface area contributed by atoms with Crippen molar-refractivity contribution in [2.75, 3.05) is 0 Å². The smallest absolute Gasteiger partial charge is 0.262 e. The average molecular weight is 302 g/mol. The van der Waals surface area contributed by atoms with Gasteiger partial charge in [0, 0.05) is 6.04 Å². The van der Waals surface area contributed by atoms with Crippen LogP contribution < -0.4 is 5.32 Å². The molecule has 2 atom stereocenters. The molecule has 0 saturated carbocycles. The number of nitrogens with one attached hydrogen (secondary N) is 1. The summed E-state index contributed by atoms with van der Waals surface area (Å²) in [5.74, 6) is -1.16. The Kier molecular flexibility index (Phi) is 4.64. The summed E-state index contributed by atoms with van der Waals surface area (Å²) in [6.45, 7) is 7.54. The predicted octanol–water partition coefficient (Wildman–Crippen LogP) is 2.22. The van der Waals surface area contributed by atoms with Gasteiger partial charge in [0.25, 0.3) is 11.8 Å². The molecule has 0 radical (unpaired) electrons. The van der Waals surface area contributed by atoms with Crippen LogP contribution in [0.1, 0.15) is 54.8 Å². The minimum Gasteiger partial charge on any atom is -0.352 e. The quantitative estimate of drug-likeness (QED) is 0.848. The number of nitrogens with zero attached hydrogens (tertiary/aromatic N) is 1. The largest absolute Gasteiger partial charge is 0.352 e. The van der Waals surface area contributed by atoms with E-state index in [4.69, 9.17) is 0 Å². The van der Waals surface area contributed by atoms with Crippen LogP contribution in [-0.2, 0) is 4.79 Å². The highest BCUT2D eigenvalue weighted by molar-refractivity contribution is 6.22. The lowest BCUT2D eigenvalue weighted by Crippen LogP contribution is -2.53. The Morgan fingerprint density at radius 2 is 1.59 bits per heavy atom. The predicted molar refractivity (Wildman–Crippen MR) is 83.5 cm³/mol. The van der Waals surface area contributed by atoms with Crippen molar-refractivity contribution < 1.29 is 14.4 Å². The standard InChI is InChI=1S/C17H22N2O3/c1-5-11(4)14(15(20)18-10(2)3)19-16(21)12-8-6-7-9-13(12)17(19)22/h6-11,14H,5H2,1-4H3,(H,18,20). The average Bonchev–Trinajstić information content (AvgIpc) is 2.72. The molecule has 1 heterocycles. The third-order valence-corrected chi connectivity index (χ3v) is 3.99. The fourth-order valence-corrected chi connectivity index (χ4v) is 2.68. The number of rotatable bonds is 5. The second kappa shape index (κ2) is 6.30. The van der Waals surface area contributed by atoms with Gasteiger partial charge in [0.15, 0.2) is 0 Å². The molecule has 0 aromatic heterocycles. The summed E-state index contributed by atoms with van der Waals surface area (Å²) in [4.78, 5) is 38.8. The molecule has 118 valence electrons. The maximum Gasteiger partial charge on any atom is 0.262 e. The monoisotopic (exact) mass is 302 g/mol. The molecule has 1 aromatic carbocycles. The fourth-order valence-electron chi connectivity index (χ4n) is 2.68. The highest BCUT2D eigenvalue weighted by atomic mass is 16.2. The number of hydrogen-bond acceptors (Lipinski definition) is 3. The normalized spacial score (nSPS) is 16.7. The summed E-state index contributed by atoms with van der Waals surface area (Å²) in [5.41, 5.74) is 0.747. The van der Waals surface area contributed by atoms with Crippen molar-refractivity contribution in [3.63, 3.8) is 0 Å². The summed E-state index contributed by atoms with van der Waals surface area (Å²) in [6.07, 6.45) is 0.698. The molecular weight excluding hydrogens is 280 g/mol. The van der Waals surface area contributed by atoms with Crippen LogP contribution in [0.15, 0.2) is 24.3 Å². The summed E-state index contributed by atoms with van der Waals surface area (Å²) in [7, 11) is 0. The van der Waals surface area contributed by atoms with Crippen molar-refractivity contribution in [2.24, 2.45) is 5.92 Å². The highest BCUT2D eigenvalue weighted by Crippen LogP contribution is 2.28. The Morgan fingerprint density at radius 3 is 2.00 bits per heavy atom. The first kappa shape index (κ1) is 16.2. The summed E-state index contributed by atoms with van der Waals surface area (Å²) in [5, 5.41) is 2.82. The molecule has 0 spiro atoms. The van der Waals surface area contributed by atoms with Crippen molar-refractivity contribution in [3.05, 3.63) is 35.4 Å². The molecule has 22 heavy (non-hydrogen) atoms. The van der Waals surface area contributed by atoms with Gasteiger partial charge in [0.05, 0.1) is 11.1 Å². The van der Waals surface area contributed by atoms with Gasteiger partial charge in [-0.25, -0.2) is 0 Å². The lowest BCUT2D eigenvalue weighted by Gasteiger charge is -2.30. The molecule has 5 nitrogen and oxygen atoms in total. The lowest BCUT2D eigenvalue weighted by atomic mass is 9.96. The molecule has 0 bridgehead atoms. The number of carbonyl (C=O) groups excluding carboxylic acids is 3. The van der Waals surface area contributed by atoms with Crippen molar-refractivity contribution in [2.45, 2.75) is 46.2 Å². The first-order valence-electron chi connectivity index (χ1n) is 7.65. The molecule has 2 rings (SSSR count).